The fraction of sp³-hybridized carbons (Fsp3) is 0.923. The van der Waals surface area contributed by atoms with E-state index in [1.54, 1.807) is 7.11 Å². The molecule has 2 aliphatic rings. The van der Waals surface area contributed by atoms with Crippen LogP contribution in [0.5, 0.6) is 0 Å². The maximum atomic E-state index is 12.3. The predicted molar refractivity (Wildman–Crippen MR) is 66.5 cm³/mol. The summed E-state index contributed by atoms with van der Waals surface area (Å²) in [6.45, 7) is 2.57. The third kappa shape index (κ3) is 3.19. The average molecular weight is 240 g/mol. The minimum absolute atomic E-state index is 0.186. The van der Waals surface area contributed by atoms with Gasteiger partial charge in [-0.1, -0.05) is 0 Å². The molecule has 0 radical (unpaired) electrons. The Morgan fingerprint density at radius 3 is 2.88 bits per heavy atom. The van der Waals surface area contributed by atoms with Crippen molar-refractivity contribution in [1.82, 2.24) is 4.90 Å². The molecule has 0 aromatic heterocycles. The van der Waals surface area contributed by atoms with Crippen LogP contribution >= 0.6 is 0 Å². The van der Waals surface area contributed by atoms with Gasteiger partial charge >= 0.3 is 0 Å². The maximum absolute atomic E-state index is 12.3. The van der Waals surface area contributed by atoms with Crippen LogP contribution in [0.15, 0.2) is 0 Å². The fourth-order valence-corrected chi connectivity index (χ4v) is 3.14. The van der Waals surface area contributed by atoms with Crippen molar-refractivity contribution in [2.24, 2.45) is 17.6 Å². The lowest BCUT2D eigenvalue weighted by Crippen LogP contribution is -2.43. The summed E-state index contributed by atoms with van der Waals surface area (Å²) >= 11 is 0. The molecular formula is C13H24N2O2. The second-order valence-corrected chi connectivity index (χ2v) is 5.52. The number of hydrogen-bond donors (Lipinski definition) is 1. The highest BCUT2D eigenvalue weighted by molar-refractivity contribution is 5.79. The highest BCUT2D eigenvalue weighted by atomic mass is 16.5. The number of carbonyl (C=O) groups excluding carboxylic acids is 1. The molecule has 0 spiro atoms. The number of methoxy groups -OCH3 is 1. The van der Waals surface area contributed by atoms with Gasteiger partial charge in [-0.25, -0.2) is 0 Å². The second-order valence-electron chi connectivity index (χ2n) is 5.52. The summed E-state index contributed by atoms with van der Waals surface area (Å²) in [5.74, 6) is 1.04. The van der Waals surface area contributed by atoms with E-state index in [1.165, 1.54) is 6.42 Å². The molecule has 2 N–H and O–H groups in total. The highest BCUT2D eigenvalue weighted by Gasteiger charge is 2.33. The van der Waals surface area contributed by atoms with E-state index in [0.717, 1.165) is 45.4 Å². The molecule has 0 bridgehead atoms. The molecule has 3 atom stereocenters. The van der Waals surface area contributed by atoms with Gasteiger partial charge < -0.3 is 15.4 Å². The van der Waals surface area contributed by atoms with Crippen LogP contribution in [0.3, 0.4) is 0 Å². The first-order valence-electron chi connectivity index (χ1n) is 6.74. The van der Waals surface area contributed by atoms with Crippen molar-refractivity contribution in [2.75, 3.05) is 26.8 Å². The van der Waals surface area contributed by atoms with Crippen LogP contribution in [-0.4, -0.2) is 43.7 Å². The molecule has 0 aromatic rings. The van der Waals surface area contributed by atoms with Crippen LogP contribution in [0.4, 0.5) is 0 Å². The van der Waals surface area contributed by atoms with Crippen LogP contribution in [0.25, 0.3) is 0 Å². The first-order chi connectivity index (χ1) is 8.20. The zero-order chi connectivity index (χ0) is 12.3. The van der Waals surface area contributed by atoms with Crippen LogP contribution in [-0.2, 0) is 9.53 Å². The molecule has 3 unspecified atom stereocenters. The standard InChI is InChI=1S/C13H24N2O2/c1-17-9-10-3-2-6-15(8-10)13(16)11-4-5-12(14)7-11/h10-12H,2-9,14H2,1H3. The first-order valence-corrected chi connectivity index (χ1v) is 6.74. The largest absolute Gasteiger partial charge is 0.384 e. The number of ether oxygens (including phenoxy) is 1. The van der Waals surface area contributed by atoms with Gasteiger partial charge in [0.25, 0.3) is 0 Å². The number of likely N-dealkylation sites (tertiary alicyclic amines) is 1. The average Bonchev–Trinajstić information content (AvgIpc) is 2.76. The van der Waals surface area contributed by atoms with Crippen molar-refractivity contribution < 1.29 is 9.53 Å². The van der Waals surface area contributed by atoms with Crippen molar-refractivity contribution in [3.05, 3.63) is 0 Å². The number of amides is 1. The fourth-order valence-electron chi connectivity index (χ4n) is 3.14. The molecular weight excluding hydrogens is 216 g/mol. The molecule has 98 valence electrons. The SMILES string of the molecule is COCC1CCCN(C(=O)C2CCC(N)C2)C1. The van der Waals surface area contributed by atoms with Crippen LogP contribution < -0.4 is 5.73 Å². The summed E-state index contributed by atoms with van der Waals surface area (Å²) in [5, 5.41) is 0. The van der Waals surface area contributed by atoms with E-state index in [1.807, 2.05) is 4.90 Å². The van der Waals surface area contributed by atoms with E-state index in [-0.39, 0.29) is 12.0 Å². The minimum atomic E-state index is 0.186. The van der Waals surface area contributed by atoms with Crippen molar-refractivity contribution in [1.29, 1.82) is 0 Å². The van der Waals surface area contributed by atoms with Crippen molar-refractivity contribution in [2.45, 2.75) is 38.1 Å². The van der Waals surface area contributed by atoms with Gasteiger partial charge in [0.2, 0.25) is 5.91 Å². The molecule has 1 saturated carbocycles. The quantitative estimate of drug-likeness (QED) is 0.800. The van der Waals surface area contributed by atoms with Crippen LogP contribution in [0, 0.1) is 11.8 Å². The van der Waals surface area contributed by atoms with Crippen LogP contribution in [0.2, 0.25) is 0 Å². The predicted octanol–water partition coefficient (Wildman–Crippen LogP) is 0.999. The lowest BCUT2D eigenvalue weighted by molar-refractivity contribution is -0.137. The lowest BCUT2D eigenvalue weighted by atomic mass is 9.96. The van der Waals surface area contributed by atoms with Gasteiger partial charge in [0.1, 0.15) is 0 Å². The van der Waals surface area contributed by atoms with E-state index in [4.69, 9.17) is 10.5 Å². The Morgan fingerprint density at radius 2 is 2.24 bits per heavy atom. The Bertz CT molecular complexity index is 268. The molecule has 1 aliphatic carbocycles. The Balaban J connectivity index is 1.86. The highest BCUT2D eigenvalue weighted by Crippen LogP contribution is 2.28. The van der Waals surface area contributed by atoms with Gasteiger partial charge in [-0.2, -0.15) is 0 Å². The van der Waals surface area contributed by atoms with E-state index in [9.17, 15) is 4.79 Å². The zero-order valence-corrected chi connectivity index (χ0v) is 10.7. The van der Waals surface area contributed by atoms with E-state index < -0.39 is 0 Å². The Labute approximate surface area is 103 Å². The molecule has 0 aromatic carbocycles. The third-order valence-corrected chi connectivity index (χ3v) is 4.06. The molecule has 1 aliphatic heterocycles. The summed E-state index contributed by atoms with van der Waals surface area (Å²) in [6.07, 6.45) is 5.15. The van der Waals surface area contributed by atoms with Crippen LogP contribution in [0.1, 0.15) is 32.1 Å². The normalized spacial score (nSPS) is 34.0. The zero-order valence-electron chi connectivity index (χ0n) is 10.7. The number of piperidine rings is 1. The van der Waals surface area contributed by atoms with Crippen molar-refractivity contribution in [3.8, 4) is 0 Å². The Morgan fingerprint density at radius 1 is 1.41 bits per heavy atom. The number of hydrogen-bond acceptors (Lipinski definition) is 3. The topological polar surface area (TPSA) is 55.6 Å². The number of nitrogens with two attached hydrogens (primary N) is 1. The smallest absolute Gasteiger partial charge is 0.225 e. The van der Waals surface area contributed by atoms with Gasteiger partial charge in [-0.05, 0) is 38.0 Å². The minimum Gasteiger partial charge on any atom is -0.384 e. The van der Waals surface area contributed by atoms with Gasteiger partial charge in [-0.15, -0.1) is 0 Å². The van der Waals surface area contributed by atoms with Gasteiger partial charge in [0.05, 0.1) is 6.61 Å². The number of carbonyl (C=O) groups is 1. The molecule has 1 heterocycles. The number of rotatable bonds is 3. The van der Waals surface area contributed by atoms with Crippen molar-refractivity contribution in [3.63, 3.8) is 0 Å². The second kappa shape index (κ2) is 5.83. The van der Waals surface area contributed by atoms with E-state index >= 15 is 0 Å². The summed E-state index contributed by atoms with van der Waals surface area (Å²) in [5.41, 5.74) is 5.88. The van der Waals surface area contributed by atoms with Crippen molar-refractivity contribution >= 4 is 5.91 Å². The summed E-state index contributed by atoms with van der Waals surface area (Å²) in [4.78, 5) is 14.4. The van der Waals surface area contributed by atoms with Gasteiger partial charge in [0.15, 0.2) is 0 Å². The lowest BCUT2D eigenvalue weighted by Gasteiger charge is -2.34. The molecule has 1 saturated heterocycles. The number of nitrogens with zero attached hydrogens (tertiary/aromatic N) is 1. The molecule has 2 fully saturated rings. The van der Waals surface area contributed by atoms with E-state index in [2.05, 4.69) is 0 Å². The maximum Gasteiger partial charge on any atom is 0.225 e. The molecule has 1 amide bonds. The molecule has 2 rings (SSSR count). The Kier molecular flexibility index (Phi) is 4.40. The Hall–Kier alpha value is -0.610. The van der Waals surface area contributed by atoms with Gasteiger partial charge in [0, 0.05) is 32.2 Å². The first kappa shape index (κ1) is 12.8. The summed E-state index contributed by atoms with van der Waals surface area (Å²) in [6, 6.07) is 0.239. The summed E-state index contributed by atoms with van der Waals surface area (Å²) in [7, 11) is 1.73. The molecule has 4 heteroatoms. The van der Waals surface area contributed by atoms with E-state index in [0.29, 0.717) is 11.8 Å². The molecule has 4 nitrogen and oxygen atoms in total. The monoisotopic (exact) mass is 240 g/mol. The van der Waals surface area contributed by atoms with Gasteiger partial charge in [-0.3, -0.25) is 4.79 Å². The summed E-state index contributed by atoms with van der Waals surface area (Å²) < 4.78 is 5.19. The molecule has 17 heavy (non-hydrogen) atoms. The third-order valence-electron chi connectivity index (χ3n) is 4.06.